The molecule has 10 heavy (non-hydrogen) atoms. The zero-order valence-corrected chi connectivity index (χ0v) is 7.09. The van der Waals surface area contributed by atoms with Gasteiger partial charge in [-0.2, -0.15) is 0 Å². The number of nitrogens with two attached hydrogens (primary N) is 2. The van der Waals surface area contributed by atoms with E-state index in [9.17, 15) is 0 Å². The minimum absolute atomic E-state index is 0.235. The van der Waals surface area contributed by atoms with E-state index in [0.29, 0.717) is 5.92 Å². The molecule has 2 unspecified atom stereocenters. The van der Waals surface area contributed by atoms with Crippen LogP contribution in [0.2, 0.25) is 0 Å². The van der Waals surface area contributed by atoms with Crippen LogP contribution in [0.15, 0.2) is 11.8 Å². The highest BCUT2D eigenvalue weighted by molar-refractivity contribution is 4.95. The fraction of sp³-hybridized carbons (Fsp3) is 0.750. The normalized spacial score (nSPS) is 18.6. The standard InChI is InChI=1S/C8H18N2/c1-4-8(10)5-6(2)7(3)9/h4,6-7H,5,9-10H2,1-3H3/b8-4+. The first-order valence-corrected chi connectivity index (χ1v) is 3.74. The Balaban J connectivity index is 3.68. The van der Waals surface area contributed by atoms with Gasteiger partial charge in [0.05, 0.1) is 0 Å². The molecule has 0 aliphatic rings. The van der Waals surface area contributed by atoms with Gasteiger partial charge in [-0.15, -0.1) is 0 Å². The lowest BCUT2D eigenvalue weighted by atomic mass is 9.99. The first kappa shape index (κ1) is 9.50. The van der Waals surface area contributed by atoms with Crippen molar-refractivity contribution in [3.63, 3.8) is 0 Å². The van der Waals surface area contributed by atoms with Gasteiger partial charge in [-0.3, -0.25) is 0 Å². The van der Waals surface area contributed by atoms with Crippen molar-refractivity contribution in [3.8, 4) is 0 Å². The molecule has 2 nitrogen and oxygen atoms in total. The largest absolute Gasteiger partial charge is 0.402 e. The molecule has 4 N–H and O–H groups in total. The summed E-state index contributed by atoms with van der Waals surface area (Å²) in [4.78, 5) is 0. The zero-order chi connectivity index (χ0) is 8.15. The van der Waals surface area contributed by atoms with Gasteiger partial charge in [-0.1, -0.05) is 13.0 Å². The third-order valence-corrected chi connectivity index (χ3v) is 1.83. The van der Waals surface area contributed by atoms with Gasteiger partial charge in [0, 0.05) is 11.7 Å². The quantitative estimate of drug-likeness (QED) is 0.622. The molecule has 0 aromatic carbocycles. The molecule has 0 aromatic heterocycles. The van der Waals surface area contributed by atoms with Gasteiger partial charge in [0.1, 0.15) is 0 Å². The third-order valence-electron chi connectivity index (χ3n) is 1.83. The van der Waals surface area contributed by atoms with E-state index >= 15 is 0 Å². The van der Waals surface area contributed by atoms with Gasteiger partial charge >= 0.3 is 0 Å². The second-order valence-corrected chi connectivity index (χ2v) is 2.90. The highest BCUT2D eigenvalue weighted by Crippen LogP contribution is 2.09. The fourth-order valence-corrected chi connectivity index (χ4v) is 0.676. The Morgan fingerprint density at radius 1 is 1.50 bits per heavy atom. The molecule has 0 rings (SSSR count). The second-order valence-electron chi connectivity index (χ2n) is 2.90. The topological polar surface area (TPSA) is 52.0 Å². The Morgan fingerprint density at radius 3 is 2.30 bits per heavy atom. The van der Waals surface area contributed by atoms with Gasteiger partial charge in [0.15, 0.2) is 0 Å². The van der Waals surface area contributed by atoms with Crippen LogP contribution in [0.3, 0.4) is 0 Å². The molecule has 0 aliphatic carbocycles. The summed E-state index contributed by atoms with van der Waals surface area (Å²) in [6.45, 7) is 6.07. The molecule has 0 saturated carbocycles. The second kappa shape index (κ2) is 4.34. The van der Waals surface area contributed by atoms with Gasteiger partial charge in [-0.25, -0.2) is 0 Å². The molecule has 60 valence electrons. The van der Waals surface area contributed by atoms with Gasteiger partial charge in [0.25, 0.3) is 0 Å². The Bertz CT molecular complexity index is 116. The highest BCUT2D eigenvalue weighted by atomic mass is 14.6. The van der Waals surface area contributed by atoms with Crippen molar-refractivity contribution in [1.29, 1.82) is 0 Å². The van der Waals surface area contributed by atoms with E-state index in [1.165, 1.54) is 0 Å². The molecule has 0 aliphatic heterocycles. The molecule has 0 amide bonds. The minimum atomic E-state index is 0.235. The van der Waals surface area contributed by atoms with Crippen molar-refractivity contribution in [2.24, 2.45) is 17.4 Å². The molecule has 0 radical (unpaired) electrons. The summed E-state index contributed by atoms with van der Waals surface area (Å²) < 4.78 is 0. The van der Waals surface area contributed by atoms with Crippen molar-refractivity contribution in [1.82, 2.24) is 0 Å². The molecule has 0 heterocycles. The van der Waals surface area contributed by atoms with E-state index in [-0.39, 0.29) is 6.04 Å². The van der Waals surface area contributed by atoms with Crippen LogP contribution in [0.4, 0.5) is 0 Å². The van der Waals surface area contributed by atoms with E-state index in [1.54, 1.807) is 0 Å². The van der Waals surface area contributed by atoms with E-state index < -0.39 is 0 Å². The van der Waals surface area contributed by atoms with E-state index in [0.717, 1.165) is 12.1 Å². The minimum Gasteiger partial charge on any atom is -0.402 e. The van der Waals surface area contributed by atoms with Crippen molar-refractivity contribution in [2.75, 3.05) is 0 Å². The smallest absolute Gasteiger partial charge is 0.00404 e. The highest BCUT2D eigenvalue weighted by Gasteiger charge is 2.06. The molecule has 0 saturated heterocycles. The third kappa shape index (κ3) is 3.51. The Hall–Kier alpha value is -0.500. The first-order chi connectivity index (χ1) is 4.57. The predicted octanol–water partition coefficient (Wildman–Crippen LogP) is 1.22. The van der Waals surface area contributed by atoms with Crippen molar-refractivity contribution >= 4 is 0 Å². The summed E-state index contributed by atoms with van der Waals surface area (Å²) in [5.41, 5.74) is 12.2. The van der Waals surface area contributed by atoms with Crippen LogP contribution in [0, 0.1) is 5.92 Å². The summed E-state index contributed by atoms with van der Waals surface area (Å²) in [5, 5.41) is 0. The summed E-state index contributed by atoms with van der Waals surface area (Å²) >= 11 is 0. The predicted molar refractivity (Wildman–Crippen MR) is 45.4 cm³/mol. The fourth-order valence-electron chi connectivity index (χ4n) is 0.676. The van der Waals surface area contributed by atoms with Crippen molar-refractivity contribution < 1.29 is 0 Å². The Morgan fingerprint density at radius 2 is 2.00 bits per heavy atom. The van der Waals surface area contributed by atoms with Crippen LogP contribution >= 0.6 is 0 Å². The average molecular weight is 142 g/mol. The lowest BCUT2D eigenvalue weighted by Gasteiger charge is -2.14. The molecule has 0 fully saturated rings. The van der Waals surface area contributed by atoms with Crippen LogP contribution in [0.1, 0.15) is 27.2 Å². The van der Waals surface area contributed by atoms with Crippen LogP contribution in [-0.4, -0.2) is 6.04 Å². The lowest BCUT2D eigenvalue weighted by Crippen LogP contribution is -2.25. The van der Waals surface area contributed by atoms with Crippen molar-refractivity contribution in [3.05, 3.63) is 11.8 Å². The average Bonchev–Trinajstić information content (AvgIpc) is 1.87. The summed E-state index contributed by atoms with van der Waals surface area (Å²) in [5.74, 6) is 0.483. The molecular formula is C8H18N2. The number of rotatable bonds is 3. The molecule has 0 aromatic rings. The number of allylic oxidation sites excluding steroid dienone is 2. The molecule has 0 spiro atoms. The maximum atomic E-state index is 5.66. The zero-order valence-electron chi connectivity index (χ0n) is 7.09. The molecule has 2 atom stereocenters. The van der Waals surface area contributed by atoms with Crippen molar-refractivity contribution in [2.45, 2.75) is 33.2 Å². The Labute approximate surface area is 63.3 Å². The molecule has 0 bridgehead atoms. The summed E-state index contributed by atoms with van der Waals surface area (Å²) in [7, 11) is 0. The van der Waals surface area contributed by atoms with E-state index in [4.69, 9.17) is 11.5 Å². The maximum absolute atomic E-state index is 5.66. The first-order valence-electron chi connectivity index (χ1n) is 3.74. The SMILES string of the molecule is C/C=C(/N)CC(C)C(C)N. The maximum Gasteiger partial charge on any atom is 0.00404 e. The monoisotopic (exact) mass is 142 g/mol. The molecular weight excluding hydrogens is 124 g/mol. The van der Waals surface area contributed by atoms with Crippen LogP contribution in [0.5, 0.6) is 0 Å². The van der Waals surface area contributed by atoms with Crippen LogP contribution in [0.25, 0.3) is 0 Å². The molecule has 2 heteroatoms. The van der Waals surface area contributed by atoms with Crippen LogP contribution in [-0.2, 0) is 0 Å². The number of hydrogen-bond acceptors (Lipinski definition) is 2. The van der Waals surface area contributed by atoms with E-state index in [1.807, 2.05) is 19.9 Å². The van der Waals surface area contributed by atoms with Gasteiger partial charge < -0.3 is 11.5 Å². The lowest BCUT2D eigenvalue weighted by molar-refractivity contribution is 0.478. The summed E-state index contributed by atoms with van der Waals surface area (Å²) in [6, 6.07) is 0.235. The van der Waals surface area contributed by atoms with E-state index in [2.05, 4.69) is 6.92 Å². The van der Waals surface area contributed by atoms with Gasteiger partial charge in [-0.05, 0) is 26.2 Å². The van der Waals surface area contributed by atoms with Gasteiger partial charge in [0.2, 0.25) is 0 Å². The number of hydrogen-bond donors (Lipinski definition) is 2. The summed E-state index contributed by atoms with van der Waals surface area (Å²) in [6.07, 6.45) is 2.84. The van der Waals surface area contributed by atoms with Crippen LogP contribution < -0.4 is 11.5 Å². The Kier molecular flexibility index (Phi) is 4.12.